The molecule has 6 rings (SSSR count). The van der Waals surface area contributed by atoms with Gasteiger partial charge in [0.15, 0.2) is 5.82 Å². The number of carbonyl (C=O) groups is 1. The van der Waals surface area contributed by atoms with Gasteiger partial charge in [0.25, 0.3) is 0 Å². The number of nitrogens with one attached hydrogen (secondary N) is 1. The van der Waals surface area contributed by atoms with Gasteiger partial charge in [0, 0.05) is 50.0 Å². The second kappa shape index (κ2) is 8.38. The molecule has 0 bridgehead atoms. The molecule has 0 radical (unpaired) electrons. The number of sulfonamides is 1. The molecule has 4 aliphatic rings. The minimum absolute atomic E-state index is 0.108. The van der Waals surface area contributed by atoms with Crippen LogP contribution in [-0.2, 0) is 16.2 Å². The molecule has 1 spiro atoms. The van der Waals surface area contributed by atoms with Gasteiger partial charge in [-0.2, -0.15) is 18.3 Å². The molecule has 2 saturated carbocycles. The van der Waals surface area contributed by atoms with Gasteiger partial charge in [0.05, 0.1) is 16.5 Å². The lowest BCUT2D eigenvalue weighted by Crippen LogP contribution is -2.68. The first-order chi connectivity index (χ1) is 17.4. The highest BCUT2D eigenvalue weighted by Crippen LogP contribution is 2.54. The highest BCUT2D eigenvalue weighted by atomic mass is 32.2. The van der Waals surface area contributed by atoms with Crippen LogP contribution in [0.4, 0.5) is 22.4 Å². The molecule has 14 heteroatoms. The normalized spacial score (nSPS) is 22.1. The van der Waals surface area contributed by atoms with E-state index in [1.165, 1.54) is 0 Å². The third-order valence-electron chi connectivity index (χ3n) is 7.83. The van der Waals surface area contributed by atoms with Crippen molar-refractivity contribution < 1.29 is 30.8 Å². The molecule has 0 atom stereocenters. The number of alkyl halides is 3. The number of carbonyl (C=O) groups excluding carboxylic acids is 1. The van der Waals surface area contributed by atoms with Crippen LogP contribution in [0.2, 0.25) is 0 Å². The molecule has 1 aromatic carbocycles. The van der Waals surface area contributed by atoms with E-state index in [0.29, 0.717) is 50.3 Å². The van der Waals surface area contributed by atoms with Crippen LogP contribution in [0.15, 0.2) is 29.4 Å². The third kappa shape index (κ3) is 4.58. The summed E-state index contributed by atoms with van der Waals surface area (Å²) >= 11 is 0. The van der Waals surface area contributed by atoms with Crippen molar-refractivity contribution in [3.63, 3.8) is 0 Å². The zero-order valence-electron chi connectivity index (χ0n) is 19.8. The number of benzene rings is 1. The zero-order valence-corrected chi connectivity index (χ0v) is 20.6. The van der Waals surface area contributed by atoms with E-state index in [9.17, 15) is 30.8 Å². The molecule has 37 heavy (non-hydrogen) atoms. The monoisotopic (exact) mass is 542 g/mol. The summed E-state index contributed by atoms with van der Waals surface area (Å²) in [5.41, 5.74) is -1.43. The summed E-state index contributed by atoms with van der Waals surface area (Å²) < 4.78 is 82.0. The Hall–Kier alpha value is -2.74. The SMILES string of the molecule is O=C(N1CC(CNS(=O)(=O)c2ccc(F)cc2C(F)(F)F)C1)N1CC2(CC(n3cnc(C4CC4)n3)C2)C1. The van der Waals surface area contributed by atoms with Gasteiger partial charge in [0.1, 0.15) is 12.1 Å². The van der Waals surface area contributed by atoms with Gasteiger partial charge in [-0.1, -0.05) is 0 Å². The smallest absolute Gasteiger partial charge is 0.324 e. The molecular formula is C23H26F4N6O3S. The Kier molecular flexibility index (Phi) is 5.57. The number of hydrogen-bond acceptors (Lipinski definition) is 5. The summed E-state index contributed by atoms with van der Waals surface area (Å²) in [7, 11) is -4.51. The van der Waals surface area contributed by atoms with Crippen molar-refractivity contribution in [1.82, 2.24) is 29.3 Å². The van der Waals surface area contributed by atoms with Gasteiger partial charge in [0.2, 0.25) is 10.0 Å². The van der Waals surface area contributed by atoms with Crippen LogP contribution in [0.1, 0.15) is 49.0 Å². The van der Waals surface area contributed by atoms with Crippen molar-refractivity contribution in [3.8, 4) is 0 Å². The van der Waals surface area contributed by atoms with Crippen LogP contribution >= 0.6 is 0 Å². The number of hydrogen-bond donors (Lipinski definition) is 1. The Bertz CT molecular complexity index is 1320. The van der Waals surface area contributed by atoms with E-state index < -0.39 is 32.5 Å². The zero-order chi connectivity index (χ0) is 26.2. The maximum atomic E-state index is 13.3. The first kappa shape index (κ1) is 24.6. The highest BCUT2D eigenvalue weighted by molar-refractivity contribution is 7.89. The van der Waals surface area contributed by atoms with E-state index in [1.54, 1.807) is 16.1 Å². The van der Waals surface area contributed by atoms with Crippen molar-refractivity contribution in [1.29, 1.82) is 0 Å². The van der Waals surface area contributed by atoms with Crippen LogP contribution in [0.5, 0.6) is 0 Å². The Labute approximate surface area is 210 Å². The maximum absolute atomic E-state index is 13.3. The predicted octanol–water partition coefficient (Wildman–Crippen LogP) is 2.98. The Balaban J connectivity index is 0.955. The summed E-state index contributed by atoms with van der Waals surface area (Å²) in [6.07, 6.45) is 1.02. The standard InChI is InChI=1S/C23H26F4N6O3S/c24-16-3-4-19(18(5-16)23(25,26)27)37(35,36)29-8-14-9-31(10-14)21(34)32-11-22(12-32)6-17(7-22)33-13-28-20(30-33)15-1-2-15/h3-5,13-15,17,29H,1-2,6-12H2. The van der Waals surface area contributed by atoms with Crippen LogP contribution in [0.3, 0.4) is 0 Å². The van der Waals surface area contributed by atoms with Crippen LogP contribution in [0.25, 0.3) is 0 Å². The van der Waals surface area contributed by atoms with Crippen molar-refractivity contribution >= 4 is 16.1 Å². The molecule has 9 nitrogen and oxygen atoms in total. The van der Waals surface area contributed by atoms with E-state index in [2.05, 4.69) is 14.8 Å². The number of rotatable bonds is 6. The third-order valence-corrected chi connectivity index (χ3v) is 9.31. The van der Waals surface area contributed by atoms with Gasteiger partial charge in [-0.3, -0.25) is 0 Å². The predicted molar refractivity (Wildman–Crippen MR) is 121 cm³/mol. The minimum atomic E-state index is -5.02. The molecular weight excluding hydrogens is 516 g/mol. The lowest BCUT2D eigenvalue weighted by Gasteiger charge is -2.60. The fourth-order valence-electron chi connectivity index (χ4n) is 5.60. The average molecular weight is 543 g/mol. The molecule has 2 saturated heterocycles. The number of urea groups is 1. The van der Waals surface area contributed by atoms with Crippen molar-refractivity contribution in [2.45, 2.75) is 48.7 Å². The molecule has 1 N–H and O–H groups in total. The lowest BCUT2D eigenvalue weighted by molar-refractivity contribution is -0.140. The van der Waals surface area contributed by atoms with E-state index in [4.69, 9.17) is 0 Å². The van der Waals surface area contributed by atoms with Gasteiger partial charge < -0.3 is 9.80 Å². The molecule has 0 unspecified atom stereocenters. The van der Waals surface area contributed by atoms with Gasteiger partial charge in [-0.05, 0) is 43.9 Å². The molecule has 1 aromatic heterocycles. The number of halogens is 4. The molecule has 2 aliphatic carbocycles. The number of nitrogens with zero attached hydrogens (tertiary/aromatic N) is 5. The summed E-state index contributed by atoms with van der Waals surface area (Å²) in [6.45, 7) is 1.85. The molecule has 200 valence electrons. The van der Waals surface area contributed by atoms with E-state index in [0.717, 1.165) is 31.5 Å². The lowest BCUT2D eigenvalue weighted by atomic mass is 9.61. The highest BCUT2D eigenvalue weighted by Gasteiger charge is 2.55. The fraction of sp³-hybridized carbons (Fsp3) is 0.609. The van der Waals surface area contributed by atoms with E-state index >= 15 is 0 Å². The minimum Gasteiger partial charge on any atom is -0.324 e. The fourth-order valence-corrected chi connectivity index (χ4v) is 6.92. The molecule has 2 aromatic rings. The number of amides is 2. The van der Waals surface area contributed by atoms with Crippen LogP contribution in [0, 0.1) is 17.2 Å². The van der Waals surface area contributed by atoms with Gasteiger partial charge >= 0.3 is 12.2 Å². The van der Waals surface area contributed by atoms with Crippen molar-refractivity contribution in [2.75, 3.05) is 32.7 Å². The molecule has 4 fully saturated rings. The largest absolute Gasteiger partial charge is 0.417 e. The van der Waals surface area contributed by atoms with E-state index in [1.807, 2.05) is 4.68 Å². The second-order valence-electron chi connectivity index (χ2n) is 10.8. The van der Waals surface area contributed by atoms with Crippen molar-refractivity contribution in [2.24, 2.45) is 11.3 Å². The van der Waals surface area contributed by atoms with Gasteiger partial charge in [-0.25, -0.2) is 32.0 Å². The topological polar surface area (TPSA) is 100 Å². The summed E-state index contributed by atoms with van der Waals surface area (Å²) in [5, 5.41) is 4.60. The average Bonchev–Trinajstić information content (AvgIpc) is 3.47. The van der Waals surface area contributed by atoms with Crippen molar-refractivity contribution in [3.05, 3.63) is 41.7 Å². The first-order valence-electron chi connectivity index (χ1n) is 12.2. The Morgan fingerprint density at radius 2 is 1.84 bits per heavy atom. The Morgan fingerprint density at radius 3 is 2.49 bits per heavy atom. The molecule has 2 amide bonds. The van der Waals surface area contributed by atoms with Gasteiger partial charge in [-0.15, -0.1) is 0 Å². The maximum Gasteiger partial charge on any atom is 0.417 e. The van der Waals surface area contributed by atoms with Crippen LogP contribution in [-0.4, -0.2) is 71.7 Å². The van der Waals surface area contributed by atoms with Crippen LogP contribution < -0.4 is 4.72 Å². The summed E-state index contributed by atoms with van der Waals surface area (Å²) in [4.78, 5) is 19.5. The first-order valence-corrected chi connectivity index (χ1v) is 13.7. The summed E-state index contributed by atoms with van der Waals surface area (Å²) in [5.74, 6) is 0.0537. The second-order valence-corrected chi connectivity index (χ2v) is 12.6. The summed E-state index contributed by atoms with van der Waals surface area (Å²) in [6, 6.07) is 1.66. The number of likely N-dealkylation sites (tertiary alicyclic amines) is 2. The van der Waals surface area contributed by atoms with E-state index in [-0.39, 0.29) is 30.0 Å². The Morgan fingerprint density at radius 1 is 1.14 bits per heavy atom. The quantitative estimate of drug-likeness (QED) is 0.566. The molecule has 2 aliphatic heterocycles. The number of aromatic nitrogens is 3. The molecule has 3 heterocycles.